The van der Waals surface area contributed by atoms with Gasteiger partial charge >= 0.3 is 0 Å². The number of likely N-dealkylation sites (N-methyl/N-ethyl adjacent to an activating group) is 1. The fraction of sp³-hybridized carbons (Fsp3) is 0.333. The Labute approximate surface area is 238 Å². The average Bonchev–Trinajstić information content (AvgIpc) is 3.47. The highest BCUT2D eigenvalue weighted by Crippen LogP contribution is 2.39. The second-order valence-corrected chi connectivity index (χ2v) is 10.7. The van der Waals surface area contributed by atoms with Crippen molar-refractivity contribution in [1.29, 1.82) is 0 Å². The Balaban J connectivity index is 1.43. The number of carbonyl (C=O) groups is 2. The Morgan fingerprint density at radius 2 is 1.72 bits per heavy atom. The number of ether oxygens (including phenoxy) is 2. The van der Waals surface area contributed by atoms with Gasteiger partial charge in [0.25, 0.3) is 5.91 Å². The molecule has 3 aromatic rings. The van der Waals surface area contributed by atoms with Gasteiger partial charge in [0.1, 0.15) is 18.0 Å². The summed E-state index contributed by atoms with van der Waals surface area (Å²) in [5.74, 6) is 0.728. The monoisotopic (exact) mass is 567 g/mol. The largest absolute Gasteiger partial charge is 0.497 e. The van der Waals surface area contributed by atoms with E-state index in [-0.39, 0.29) is 31.0 Å². The van der Waals surface area contributed by atoms with Crippen molar-refractivity contribution in [1.82, 2.24) is 9.80 Å². The van der Waals surface area contributed by atoms with Crippen LogP contribution in [0.5, 0.6) is 11.5 Å². The van der Waals surface area contributed by atoms with Crippen LogP contribution in [0.1, 0.15) is 24.4 Å². The van der Waals surface area contributed by atoms with Crippen molar-refractivity contribution in [3.8, 4) is 22.6 Å². The molecule has 2 aliphatic heterocycles. The number of hydrogen-bond acceptors (Lipinski definition) is 5. The van der Waals surface area contributed by atoms with E-state index in [2.05, 4.69) is 23.1 Å². The van der Waals surface area contributed by atoms with Crippen molar-refractivity contribution in [2.45, 2.75) is 18.9 Å². The Kier molecular flexibility index (Phi) is 8.31. The third-order valence-electron chi connectivity index (χ3n) is 7.40. The van der Waals surface area contributed by atoms with E-state index in [4.69, 9.17) is 32.7 Å². The molecule has 0 spiro atoms. The number of amides is 2. The summed E-state index contributed by atoms with van der Waals surface area (Å²) in [6.07, 6.45) is 2.30. The molecule has 204 valence electrons. The number of benzene rings is 3. The van der Waals surface area contributed by atoms with Crippen molar-refractivity contribution >= 4 is 40.7 Å². The van der Waals surface area contributed by atoms with Crippen LogP contribution in [-0.4, -0.2) is 68.6 Å². The summed E-state index contributed by atoms with van der Waals surface area (Å²) in [5, 5.41) is 0.621. The van der Waals surface area contributed by atoms with Crippen LogP contribution in [-0.2, 0) is 9.59 Å². The molecule has 7 nitrogen and oxygen atoms in total. The molecule has 1 atom stereocenters. The molecule has 1 saturated heterocycles. The quantitative estimate of drug-likeness (QED) is 0.350. The number of fused-ring (bicyclic) bond motifs is 1. The minimum atomic E-state index is -0.307. The van der Waals surface area contributed by atoms with Crippen molar-refractivity contribution < 1.29 is 19.1 Å². The molecule has 2 aliphatic rings. The molecular weight excluding hydrogens is 537 g/mol. The van der Waals surface area contributed by atoms with Gasteiger partial charge in [0.2, 0.25) is 5.91 Å². The first kappa shape index (κ1) is 27.3. The van der Waals surface area contributed by atoms with Crippen LogP contribution in [0, 0.1) is 0 Å². The Morgan fingerprint density at radius 1 is 1.03 bits per heavy atom. The van der Waals surface area contributed by atoms with Crippen LogP contribution in [0.4, 0.5) is 5.69 Å². The van der Waals surface area contributed by atoms with Gasteiger partial charge in [0, 0.05) is 19.7 Å². The van der Waals surface area contributed by atoms with Crippen molar-refractivity contribution in [2.75, 3.05) is 51.8 Å². The lowest BCUT2D eigenvalue weighted by molar-refractivity contribution is -0.133. The number of likely N-dealkylation sites (tertiary alicyclic amines) is 1. The van der Waals surface area contributed by atoms with E-state index >= 15 is 0 Å². The molecule has 3 aromatic carbocycles. The normalized spacial score (nSPS) is 16.0. The average molecular weight is 569 g/mol. The minimum Gasteiger partial charge on any atom is -0.497 e. The van der Waals surface area contributed by atoms with E-state index in [0.29, 0.717) is 28.0 Å². The van der Waals surface area contributed by atoms with Gasteiger partial charge in [-0.05, 0) is 66.9 Å². The molecular formula is C30H31Cl2N3O4. The Hall–Kier alpha value is -3.26. The Bertz CT molecular complexity index is 1380. The Morgan fingerprint density at radius 3 is 2.46 bits per heavy atom. The highest BCUT2D eigenvalue weighted by molar-refractivity contribution is 6.42. The van der Waals surface area contributed by atoms with Gasteiger partial charge in [-0.1, -0.05) is 53.5 Å². The summed E-state index contributed by atoms with van der Waals surface area (Å²) in [5.41, 5.74) is 3.55. The van der Waals surface area contributed by atoms with E-state index in [1.807, 2.05) is 37.4 Å². The lowest BCUT2D eigenvalue weighted by Gasteiger charge is -2.35. The third-order valence-corrected chi connectivity index (χ3v) is 8.13. The number of carbonyl (C=O) groups excluding carboxylic acids is 2. The summed E-state index contributed by atoms with van der Waals surface area (Å²) < 4.78 is 11.0. The van der Waals surface area contributed by atoms with Crippen molar-refractivity contribution in [3.05, 3.63) is 76.3 Å². The molecule has 0 N–H and O–H groups in total. The maximum absolute atomic E-state index is 13.7. The number of halogens is 2. The van der Waals surface area contributed by atoms with E-state index in [9.17, 15) is 9.59 Å². The van der Waals surface area contributed by atoms with Crippen LogP contribution < -0.4 is 14.4 Å². The molecule has 0 aromatic heterocycles. The summed E-state index contributed by atoms with van der Waals surface area (Å²) in [4.78, 5) is 32.1. The number of nitrogens with zero attached hydrogens (tertiary/aromatic N) is 3. The van der Waals surface area contributed by atoms with Gasteiger partial charge in [-0.15, -0.1) is 0 Å². The van der Waals surface area contributed by atoms with E-state index in [1.165, 1.54) is 4.90 Å². The van der Waals surface area contributed by atoms with Gasteiger partial charge in [-0.2, -0.15) is 0 Å². The molecule has 0 radical (unpaired) electrons. The molecule has 1 unspecified atom stereocenters. The molecule has 5 rings (SSSR count). The first-order chi connectivity index (χ1) is 18.8. The number of hydrogen-bond donors (Lipinski definition) is 0. The standard InChI is InChI=1S/C30H31Cl2N3O4/c1-33(29(36)18-35-26-15-24(31)25(32)16-28(26)39-19-30(35)37)27(17-34-11-3-4-12-34)22-9-5-7-20(13-22)21-8-6-10-23(14-21)38-2/h5-10,13-16,27H,3-4,11-12,17-19H2,1-2H3. The first-order valence-electron chi connectivity index (χ1n) is 13.0. The maximum atomic E-state index is 13.7. The predicted octanol–water partition coefficient (Wildman–Crippen LogP) is 5.69. The first-order valence-corrected chi connectivity index (χ1v) is 13.7. The molecule has 0 saturated carbocycles. The summed E-state index contributed by atoms with van der Waals surface area (Å²) >= 11 is 12.4. The number of anilines is 1. The number of rotatable bonds is 8. The van der Waals surface area contributed by atoms with E-state index in [0.717, 1.165) is 48.4 Å². The summed E-state index contributed by atoms with van der Waals surface area (Å²) in [7, 11) is 3.46. The van der Waals surface area contributed by atoms with Crippen LogP contribution in [0.2, 0.25) is 10.0 Å². The zero-order chi connectivity index (χ0) is 27.5. The SMILES string of the molecule is COc1cccc(-c2cccc(C(CN3CCCC3)N(C)C(=O)CN3C(=O)COc4cc(Cl)c(Cl)cc43)c2)c1. The zero-order valence-electron chi connectivity index (χ0n) is 22.0. The summed E-state index contributed by atoms with van der Waals surface area (Å²) in [6.45, 7) is 2.42. The zero-order valence-corrected chi connectivity index (χ0v) is 23.5. The van der Waals surface area contributed by atoms with Crippen LogP contribution in [0.3, 0.4) is 0 Å². The molecule has 9 heteroatoms. The van der Waals surface area contributed by atoms with Crippen LogP contribution >= 0.6 is 23.2 Å². The smallest absolute Gasteiger partial charge is 0.265 e. The second-order valence-electron chi connectivity index (χ2n) is 9.89. The lowest BCUT2D eigenvalue weighted by atomic mass is 9.98. The van der Waals surface area contributed by atoms with Gasteiger partial charge in [-0.25, -0.2) is 0 Å². The summed E-state index contributed by atoms with van der Waals surface area (Å²) in [6, 6.07) is 19.2. The highest BCUT2D eigenvalue weighted by atomic mass is 35.5. The minimum absolute atomic E-state index is 0.129. The fourth-order valence-electron chi connectivity index (χ4n) is 5.18. The van der Waals surface area contributed by atoms with Gasteiger partial charge < -0.3 is 19.3 Å². The maximum Gasteiger partial charge on any atom is 0.265 e. The lowest BCUT2D eigenvalue weighted by Crippen LogP contribution is -2.47. The molecule has 2 amide bonds. The van der Waals surface area contributed by atoms with Gasteiger partial charge in [0.05, 0.1) is 28.9 Å². The van der Waals surface area contributed by atoms with Gasteiger partial charge in [-0.3, -0.25) is 14.5 Å². The molecule has 1 fully saturated rings. The van der Waals surface area contributed by atoms with Crippen molar-refractivity contribution in [2.24, 2.45) is 0 Å². The van der Waals surface area contributed by atoms with E-state index in [1.54, 1.807) is 24.1 Å². The highest BCUT2D eigenvalue weighted by Gasteiger charge is 2.32. The van der Waals surface area contributed by atoms with Crippen molar-refractivity contribution in [3.63, 3.8) is 0 Å². The third kappa shape index (κ3) is 6.01. The second kappa shape index (κ2) is 11.9. The van der Waals surface area contributed by atoms with Crippen LogP contribution in [0.15, 0.2) is 60.7 Å². The van der Waals surface area contributed by atoms with E-state index < -0.39 is 0 Å². The molecule has 0 bridgehead atoms. The van der Waals surface area contributed by atoms with Gasteiger partial charge in [0.15, 0.2) is 6.61 Å². The van der Waals surface area contributed by atoms with Crippen LogP contribution in [0.25, 0.3) is 11.1 Å². The molecule has 39 heavy (non-hydrogen) atoms. The number of methoxy groups -OCH3 is 1. The fourth-order valence-corrected chi connectivity index (χ4v) is 5.49. The molecule has 2 heterocycles. The topological polar surface area (TPSA) is 62.3 Å². The predicted molar refractivity (Wildman–Crippen MR) is 154 cm³/mol. The molecule has 0 aliphatic carbocycles.